The van der Waals surface area contributed by atoms with Crippen molar-refractivity contribution < 1.29 is 0 Å². The number of H-pyrrole nitrogens is 1. The van der Waals surface area contributed by atoms with Crippen LogP contribution in [0.2, 0.25) is 0 Å². The zero-order valence-corrected chi connectivity index (χ0v) is 10.3. The minimum absolute atomic E-state index is 0.218. The Balaban J connectivity index is 1.91. The van der Waals surface area contributed by atoms with E-state index in [1.165, 1.54) is 5.69 Å². The maximum Gasteiger partial charge on any atom is 0.122 e. The Bertz CT molecular complexity index is 431. The van der Waals surface area contributed by atoms with Crippen LogP contribution in [0.3, 0.4) is 0 Å². The van der Waals surface area contributed by atoms with Crippen molar-refractivity contribution in [2.45, 2.75) is 39.4 Å². The molecule has 1 atom stereocenters. The summed E-state index contributed by atoms with van der Waals surface area (Å²) in [5.74, 6) is 0.964. The van der Waals surface area contributed by atoms with Gasteiger partial charge in [-0.1, -0.05) is 6.92 Å². The zero-order chi connectivity index (χ0) is 12.1. The molecule has 17 heavy (non-hydrogen) atoms. The van der Waals surface area contributed by atoms with E-state index in [2.05, 4.69) is 40.3 Å². The molecule has 0 aromatic carbocycles. The van der Waals surface area contributed by atoms with Gasteiger partial charge in [0.25, 0.3) is 0 Å². The molecule has 0 aliphatic heterocycles. The van der Waals surface area contributed by atoms with Crippen molar-refractivity contribution in [2.24, 2.45) is 0 Å². The van der Waals surface area contributed by atoms with E-state index in [-0.39, 0.29) is 6.04 Å². The molecule has 0 saturated carbocycles. The summed E-state index contributed by atoms with van der Waals surface area (Å²) < 4.78 is 2.04. The molecule has 0 bridgehead atoms. The molecule has 2 heterocycles. The Morgan fingerprint density at radius 1 is 1.47 bits per heavy atom. The molecule has 2 N–H and O–H groups in total. The number of imidazole rings is 1. The largest absolute Gasteiger partial charge is 0.347 e. The number of nitrogens with one attached hydrogen (secondary N) is 2. The second-order valence-corrected chi connectivity index (χ2v) is 4.12. The Morgan fingerprint density at radius 2 is 2.35 bits per heavy atom. The van der Waals surface area contributed by atoms with Crippen LogP contribution in [0.1, 0.15) is 37.8 Å². The highest BCUT2D eigenvalue weighted by atomic mass is 15.3. The summed E-state index contributed by atoms with van der Waals surface area (Å²) in [4.78, 5) is 7.35. The lowest BCUT2D eigenvalue weighted by atomic mass is 10.3. The van der Waals surface area contributed by atoms with Crippen LogP contribution in [0.5, 0.6) is 0 Å². The zero-order valence-electron chi connectivity index (χ0n) is 10.3. The summed E-state index contributed by atoms with van der Waals surface area (Å²) in [6.45, 7) is 6.03. The number of hydrogen-bond donors (Lipinski definition) is 2. The molecule has 0 aliphatic rings. The molecule has 92 valence electrons. The number of rotatable bonds is 6. The minimum Gasteiger partial charge on any atom is -0.347 e. The first-order chi connectivity index (χ1) is 8.31. The van der Waals surface area contributed by atoms with Gasteiger partial charge in [-0.25, -0.2) is 4.98 Å². The second-order valence-electron chi connectivity index (χ2n) is 4.12. The summed E-state index contributed by atoms with van der Waals surface area (Å²) in [7, 11) is 0. The van der Waals surface area contributed by atoms with Gasteiger partial charge < -0.3 is 10.3 Å². The molecule has 5 nitrogen and oxygen atoms in total. The summed E-state index contributed by atoms with van der Waals surface area (Å²) in [5.41, 5.74) is 1.21. The van der Waals surface area contributed by atoms with E-state index >= 15 is 0 Å². The molecule has 2 rings (SSSR count). The van der Waals surface area contributed by atoms with E-state index in [1.807, 2.05) is 17.1 Å². The van der Waals surface area contributed by atoms with Crippen molar-refractivity contribution in [3.8, 4) is 0 Å². The van der Waals surface area contributed by atoms with E-state index in [1.54, 1.807) is 6.20 Å². The first-order valence-electron chi connectivity index (χ1n) is 6.04. The van der Waals surface area contributed by atoms with Gasteiger partial charge in [0.2, 0.25) is 0 Å². The Hall–Kier alpha value is -1.62. The summed E-state index contributed by atoms with van der Waals surface area (Å²) in [5, 5.41) is 7.73. The molecule has 2 aromatic heterocycles. The standard InChI is InChI=1S/C12H19N5/c1-3-8-17-11(4-5-16-17)9-15-10(2)12-13-6-7-14-12/h4-7,10,15H,3,8-9H2,1-2H3,(H,13,14). The SMILES string of the molecule is CCCn1nccc1CNC(C)c1ncc[nH]1. The van der Waals surface area contributed by atoms with Crippen molar-refractivity contribution in [1.29, 1.82) is 0 Å². The van der Waals surface area contributed by atoms with Crippen LogP contribution in [0.25, 0.3) is 0 Å². The molecule has 0 fully saturated rings. The second kappa shape index (κ2) is 5.63. The maximum absolute atomic E-state index is 4.30. The molecule has 0 spiro atoms. The average Bonchev–Trinajstić information content (AvgIpc) is 2.97. The Labute approximate surface area is 101 Å². The average molecular weight is 233 g/mol. The van der Waals surface area contributed by atoms with Gasteiger partial charge in [-0.3, -0.25) is 4.68 Å². The predicted octanol–water partition coefficient (Wildman–Crippen LogP) is 1.87. The fourth-order valence-electron chi connectivity index (χ4n) is 1.79. The van der Waals surface area contributed by atoms with Crippen molar-refractivity contribution in [1.82, 2.24) is 25.1 Å². The fraction of sp³-hybridized carbons (Fsp3) is 0.500. The molecule has 0 amide bonds. The molecule has 0 saturated heterocycles. The fourth-order valence-corrected chi connectivity index (χ4v) is 1.79. The van der Waals surface area contributed by atoms with E-state index < -0.39 is 0 Å². The summed E-state index contributed by atoms with van der Waals surface area (Å²) >= 11 is 0. The molecule has 0 radical (unpaired) electrons. The lowest BCUT2D eigenvalue weighted by molar-refractivity contribution is 0.506. The van der Waals surface area contributed by atoms with Crippen molar-refractivity contribution in [3.63, 3.8) is 0 Å². The summed E-state index contributed by atoms with van der Waals surface area (Å²) in [6, 6.07) is 2.27. The van der Waals surface area contributed by atoms with Gasteiger partial charge in [0.1, 0.15) is 5.82 Å². The highest BCUT2D eigenvalue weighted by molar-refractivity contribution is 5.02. The lowest BCUT2D eigenvalue weighted by Gasteiger charge is -2.12. The highest BCUT2D eigenvalue weighted by Gasteiger charge is 2.08. The third-order valence-corrected chi connectivity index (χ3v) is 2.76. The maximum atomic E-state index is 4.30. The minimum atomic E-state index is 0.218. The number of aromatic nitrogens is 4. The van der Waals surface area contributed by atoms with Gasteiger partial charge >= 0.3 is 0 Å². The van der Waals surface area contributed by atoms with Crippen LogP contribution in [0.4, 0.5) is 0 Å². The normalized spacial score (nSPS) is 12.8. The number of aromatic amines is 1. The van der Waals surface area contributed by atoms with Crippen molar-refractivity contribution >= 4 is 0 Å². The molecule has 1 unspecified atom stereocenters. The molecule has 5 heteroatoms. The number of aryl methyl sites for hydroxylation is 1. The van der Waals surface area contributed by atoms with Crippen LogP contribution in [0.15, 0.2) is 24.7 Å². The van der Waals surface area contributed by atoms with Gasteiger partial charge in [-0.2, -0.15) is 5.10 Å². The van der Waals surface area contributed by atoms with Crippen LogP contribution in [-0.2, 0) is 13.1 Å². The van der Waals surface area contributed by atoms with Crippen LogP contribution >= 0.6 is 0 Å². The van der Waals surface area contributed by atoms with Crippen molar-refractivity contribution in [3.05, 3.63) is 36.2 Å². The first kappa shape index (κ1) is 11.9. The van der Waals surface area contributed by atoms with Gasteiger partial charge in [-0.05, 0) is 19.4 Å². The third kappa shape index (κ3) is 2.94. The van der Waals surface area contributed by atoms with Crippen LogP contribution < -0.4 is 5.32 Å². The lowest BCUT2D eigenvalue weighted by Crippen LogP contribution is -2.21. The molecular weight excluding hydrogens is 214 g/mol. The third-order valence-electron chi connectivity index (χ3n) is 2.76. The molecule has 0 aliphatic carbocycles. The molecule has 2 aromatic rings. The monoisotopic (exact) mass is 233 g/mol. The van der Waals surface area contributed by atoms with E-state index in [0.717, 1.165) is 25.3 Å². The van der Waals surface area contributed by atoms with Gasteiger partial charge in [-0.15, -0.1) is 0 Å². The van der Waals surface area contributed by atoms with Gasteiger partial charge in [0.15, 0.2) is 0 Å². The first-order valence-corrected chi connectivity index (χ1v) is 6.04. The van der Waals surface area contributed by atoms with E-state index in [4.69, 9.17) is 0 Å². The number of hydrogen-bond acceptors (Lipinski definition) is 3. The summed E-state index contributed by atoms with van der Waals surface area (Å²) in [6.07, 6.45) is 6.57. The topological polar surface area (TPSA) is 58.5 Å². The Morgan fingerprint density at radius 3 is 3.06 bits per heavy atom. The predicted molar refractivity (Wildman–Crippen MR) is 66.4 cm³/mol. The quantitative estimate of drug-likeness (QED) is 0.800. The number of nitrogens with zero attached hydrogens (tertiary/aromatic N) is 3. The van der Waals surface area contributed by atoms with Gasteiger partial charge in [0, 0.05) is 31.7 Å². The van der Waals surface area contributed by atoms with Crippen molar-refractivity contribution in [2.75, 3.05) is 0 Å². The Kier molecular flexibility index (Phi) is 3.93. The molecular formula is C12H19N5. The van der Waals surface area contributed by atoms with Crippen LogP contribution in [-0.4, -0.2) is 19.7 Å². The van der Waals surface area contributed by atoms with Crippen LogP contribution in [0, 0.1) is 0 Å². The smallest absolute Gasteiger partial charge is 0.122 e. The highest BCUT2D eigenvalue weighted by Crippen LogP contribution is 2.07. The van der Waals surface area contributed by atoms with E-state index in [9.17, 15) is 0 Å². The van der Waals surface area contributed by atoms with E-state index in [0.29, 0.717) is 0 Å². The van der Waals surface area contributed by atoms with Gasteiger partial charge in [0.05, 0.1) is 11.7 Å².